The van der Waals surface area contributed by atoms with Gasteiger partial charge in [-0.05, 0) is 24.3 Å². The van der Waals surface area contributed by atoms with Crippen molar-refractivity contribution in [3.63, 3.8) is 0 Å². The van der Waals surface area contributed by atoms with E-state index in [1.165, 1.54) is 12.1 Å². The number of benzene rings is 1. The Kier molecular flexibility index (Phi) is 4.83. The lowest BCUT2D eigenvalue weighted by molar-refractivity contribution is 0.626. The second kappa shape index (κ2) is 6.61. The van der Waals surface area contributed by atoms with Gasteiger partial charge in [-0.25, -0.2) is 14.4 Å². The summed E-state index contributed by atoms with van der Waals surface area (Å²) in [6.45, 7) is 0. The number of nitrogens with two attached hydrogens (primary N) is 1. The second-order valence-corrected chi connectivity index (χ2v) is 5.65. The Morgan fingerprint density at radius 3 is 2.39 bits per heavy atom. The Morgan fingerprint density at radius 1 is 1.00 bits per heavy atom. The molecule has 0 bridgehead atoms. The fraction of sp³-hybridized carbons (Fsp3) is 0.167. The molecule has 0 unspecified atom stereocenters. The van der Waals surface area contributed by atoms with Gasteiger partial charge in [0.1, 0.15) is 10.8 Å². The average molecular weight is 281 g/mol. The fourth-order valence-corrected chi connectivity index (χ4v) is 3.04. The van der Waals surface area contributed by atoms with E-state index in [1.54, 1.807) is 48.1 Å². The highest BCUT2D eigenvalue weighted by Gasteiger charge is 2.02. The van der Waals surface area contributed by atoms with E-state index in [0.29, 0.717) is 5.82 Å². The summed E-state index contributed by atoms with van der Waals surface area (Å²) in [5.74, 6) is 2.05. The molecule has 1 aromatic heterocycles. The van der Waals surface area contributed by atoms with Crippen molar-refractivity contribution in [2.45, 2.75) is 9.92 Å². The molecule has 1 heterocycles. The van der Waals surface area contributed by atoms with Crippen LogP contribution < -0.4 is 5.73 Å². The van der Waals surface area contributed by atoms with Gasteiger partial charge in [0.05, 0.1) is 0 Å². The van der Waals surface area contributed by atoms with Crippen molar-refractivity contribution < 1.29 is 4.39 Å². The molecule has 0 atom stereocenters. The number of anilines is 1. The zero-order valence-electron chi connectivity index (χ0n) is 9.54. The SMILES string of the molecule is Nc1nccnc1SCCSc1ccc(F)cc1. The molecule has 1 aromatic carbocycles. The molecular weight excluding hydrogens is 269 g/mol. The van der Waals surface area contributed by atoms with Gasteiger partial charge < -0.3 is 5.73 Å². The van der Waals surface area contributed by atoms with Crippen LogP contribution in [0.15, 0.2) is 46.6 Å². The Hall–Kier alpha value is -1.27. The number of hydrogen-bond acceptors (Lipinski definition) is 5. The summed E-state index contributed by atoms with van der Waals surface area (Å²) >= 11 is 3.25. The van der Waals surface area contributed by atoms with E-state index in [4.69, 9.17) is 5.73 Å². The van der Waals surface area contributed by atoms with Crippen LogP contribution in [0.5, 0.6) is 0 Å². The molecule has 2 rings (SSSR count). The molecule has 0 fully saturated rings. The summed E-state index contributed by atoms with van der Waals surface area (Å²) in [5, 5.41) is 0.761. The molecule has 0 aliphatic rings. The molecule has 3 nitrogen and oxygen atoms in total. The molecule has 2 N–H and O–H groups in total. The van der Waals surface area contributed by atoms with E-state index in [1.807, 2.05) is 0 Å². The first-order chi connectivity index (χ1) is 8.75. The molecule has 6 heteroatoms. The van der Waals surface area contributed by atoms with Crippen molar-refractivity contribution in [1.29, 1.82) is 0 Å². The highest BCUT2D eigenvalue weighted by atomic mass is 32.2. The minimum absolute atomic E-state index is 0.207. The Bertz CT molecular complexity index is 505. The van der Waals surface area contributed by atoms with Crippen molar-refractivity contribution in [3.8, 4) is 0 Å². The zero-order valence-corrected chi connectivity index (χ0v) is 11.2. The Morgan fingerprint density at radius 2 is 1.67 bits per heavy atom. The van der Waals surface area contributed by atoms with Crippen molar-refractivity contribution in [2.24, 2.45) is 0 Å². The van der Waals surface area contributed by atoms with Crippen molar-refractivity contribution in [3.05, 3.63) is 42.5 Å². The Labute approximate surface area is 113 Å². The third kappa shape index (κ3) is 3.89. The van der Waals surface area contributed by atoms with Crippen molar-refractivity contribution >= 4 is 29.3 Å². The van der Waals surface area contributed by atoms with Crippen molar-refractivity contribution in [2.75, 3.05) is 17.2 Å². The van der Waals surface area contributed by atoms with E-state index in [0.717, 1.165) is 21.4 Å². The summed E-state index contributed by atoms with van der Waals surface area (Å²) in [4.78, 5) is 9.18. The summed E-state index contributed by atoms with van der Waals surface area (Å²) in [5.41, 5.74) is 5.69. The average Bonchev–Trinajstić information content (AvgIpc) is 2.39. The first kappa shape index (κ1) is 13.2. The van der Waals surface area contributed by atoms with Crippen LogP contribution in [0, 0.1) is 5.82 Å². The quantitative estimate of drug-likeness (QED) is 0.674. The third-order valence-corrected chi connectivity index (χ3v) is 4.36. The minimum atomic E-state index is -0.207. The molecule has 18 heavy (non-hydrogen) atoms. The van der Waals surface area contributed by atoms with E-state index in [-0.39, 0.29) is 5.82 Å². The van der Waals surface area contributed by atoms with Crippen LogP contribution in [0.25, 0.3) is 0 Å². The molecule has 0 aliphatic heterocycles. The van der Waals surface area contributed by atoms with E-state index >= 15 is 0 Å². The lowest BCUT2D eigenvalue weighted by Crippen LogP contribution is -1.96. The predicted octanol–water partition coefficient (Wildman–Crippen LogP) is 3.08. The van der Waals surface area contributed by atoms with Gasteiger partial charge in [-0.15, -0.1) is 23.5 Å². The van der Waals surface area contributed by atoms with Gasteiger partial charge in [0.15, 0.2) is 5.82 Å². The second-order valence-electron chi connectivity index (χ2n) is 3.40. The lowest BCUT2D eigenvalue weighted by Gasteiger charge is -2.03. The van der Waals surface area contributed by atoms with Crippen LogP contribution in [0.4, 0.5) is 10.2 Å². The Balaban J connectivity index is 1.76. The number of nitrogens with zero attached hydrogens (tertiary/aromatic N) is 2. The van der Waals surface area contributed by atoms with Crippen LogP contribution in [-0.4, -0.2) is 21.5 Å². The highest BCUT2D eigenvalue weighted by molar-refractivity contribution is 8.03. The van der Waals surface area contributed by atoms with Crippen LogP contribution in [0.1, 0.15) is 0 Å². The van der Waals surface area contributed by atoms with Crippen LogP contribution in [0.2, 0.25) is 0 Å². The molecule has 94 valence electrons. The summed E-state index contributed by atoms with van der Waals surface area (Å²) < 4.78 is 12.7. The summed E-state index contributed by atoms with van der Waals surface area (Å²) in [6, 6.07) is 6.50. The van der Waals surface area contributed by atoms with Gasteiger partial charge in [-0.3, -0.25) is 0 Å². The molecule has 0 amide bonds. The fourth-order valence-electron chi connectivity index (χ4n) is 1.28. The topological polar surface area (TPSA) is 51.8 Å². The van der Waals surface area contributed by atoms with Gasteiger partial charge in [-0.2, -0.15) is 0 Å². The first-order valence-electron chi connectivity index (χ1n) is 5.33. The van der Waals surface area contributed by atoms with Gasteiger partial charge >= 0.3 is 0 Å². The van der Waals surface area contributed by atoms with E-state index < -0.39 is 0 Å². The monoisotopic (exact) mass is 281 g/mol. The standard InChI is InChI=1S/C12H12FN3S2/c13-9-1-3-10(4-2-9)17-7-8-18-12-11(14)15-5-6-16-12/h1-6H,7-8H2,(H2,14,15). The zero-order chi connectivity index (χ0) is 12.8. The molecule has 2 aromatic rings. The molecule has 0 radical (unpaired) electrons. The number of rotatable bonds is 5. The molecule has 0 saturated heterocycles. The largest absolute Gasteiger partial charge is 0.381 e. The molecule has 0 saturated carbocycles. The van der Waals surface area contributed by atoms with E-state index in [9.17, 15) is 4.39 Å². The molecule has 0 spiro atoms. The summed E-state index contributed by atoms with van der Waals surface area (Å²) in [7, 11) is 0. The van der Waals surface area contributed by atoms with Gasteiger partial charge in [0.2, 0.25) is 0 Å². The van der Waals surface area contributed by atoms with E-state index in [2.05, 4.69) is 9.97 Å². The minimum Gasteiger partial charge on any atom is -0.381 e. The van der Waals surface area contributed by atoms with Gasteiger partial charge in [0.25, 0.3) is 0 Å². The third-order valence-electron chi connectivity index (χ3n) is 2.10. The number of nitrogen functional groups attached to an aromatic ring is 1. The number of hydrogen-bond donors (Lipinski definition) is 1. The van der Waals surface area contributed by atoms with Gasteiger partial charge in [-0.1, -0.05) is 0 Å². The van der Waals surface area contributed by atoms with Crippen molar-refractivity contribution in [1.82, 2.24) is 9.97 Å². The van der Waals surface area contributed by atoms with Crippen LogP contribution in [0.3, 0.4) is 0 Å². The lowest BCUT2D eigenvalue weighted by atomic mass is 10.4. The predicted molar refractivity (Wildman–Crippen MR) is 74.3 cm³/mol. The number of halogens is 1. The first-order valence-corrected chi connectivity index (χ1v) is 7.30. The summed E-state index contributed by atoms with van der Waals surface area (Å²) in [6.07, 6.45) is 3.21. The normalized spacial score (nSPS) is 10.5. The van der Waals surface area contributed by atoms with Crippen LogP contribution >= 0.6 is 23.5 Å². The van der Waals surface area contributed by atoms with Gasteiger partial charge in [0, 0.05) is 28.8 Å². The highest BCUT2D eigenvalue weighted by Crippen LogP contribution is 2.24. The maximum atomic E-state index is 12.7. The maximum absolute atomic E-state index is 12.7. The number of aromatic nitrogens is 2. The molecule has 0 aliphatic carbocycles. The smallest absolute Gasteiger partial charge is 0.156 e. The number of thioether (sulfide) groups is 2. The maximum Gasteiger partial charge on any atom is 0.156 e. The van der Waals surface area contributed by atoms with Crippen LogP contribution in [-0.2, 0) is 0 Å². The molecular formula is C12H12FN3S2.